The maximum Gasteiger partial charge on any atom is 0.433 e. The number of carbonyl (C=O) groups is 1. The third-order valence-corrected chi connectivity index (χ3v) is 5.70. The summed E-state index contributed by atoms with van der Waals surface area (Å²) >= 11 is 1.26. The number of aromatic nitrogens is 2. The zero-order chi connectivity index (χ0) is 21.8. The van der Waals surface area contributed by atoms with Gasteiger partial charge in [0.2, 0.25) is 0 Å². The minimum atomic E-state index is -4.52. The number of halogens is 3. The van der Waals surface area contributed by atoms with Crippen molar-refractivity contribution in [2.45, 2.75) is 11.1 Å². The average molecular weight is 441 g/mol. The van der Waals surface area contributed by atoms with Gasteiger partial charge in [-0.15, -0.1) is 11.8 Å². The van der Waals surface area contributed by atoms with Gasteiger partial charge in [0.15, 0.2) is 0 Å². The SMILES string of the molecule is O=C(NCCSc1cc(C(F)(F)F)nc2ccccc12)c1ccccc1-n1cccc1. The van der Waals surface area contributed by atoms with Crippen LogP contribution in [0.25, 0.3) is 16.6 Å². The molecule has 0 aliphatic rings. The standard InChI is InChI=1S/C23H18F3N3OS/c24-23(25,26)21-15-20(16-7-1-3-9-18(16)28-21)31-14-11-27-22(30)17-8-2-4-10-19(17)29-12-5-6-13-29/h1-10,12-13,15H,11,14H2,(H,27,30). The molecular formula is C23H18F3N3OS. The van der Waals surface area contributed by atoms with E-state index in [1.807, 2.05) is 41.2 Å². The van der Waals surface area contributed by atoms with Gasteiger partial charge >= 0.3 is 6.18 Å². The van der Waals surface area contributed by atoms with Crippen molar-refractivity contribution in [1.29, 1.82) is 0 Å². The van der Waals surface area contributed by atoms with Gasteiger partial charge in [0.05, 0.1) is 16.8 Å². The number of fused-ring (bicyclic) bond motifs is 1. The summed E-state index contributed by atoms with van der Waals surface area (Å²) in [6.07, 6.45) is -0.806. The lowest BCUT2D eigenvalue weighted by molar-refractivity contribution is -0.141. The van der Waals surface area contributed by atoms with Crippen molar-refractivity contribution in [3.63, 3.8) is 0 Å². The Bertz CT molecular complexity index is 1210. The van der Waals surface area contributed by atoms with Crippen molar-refractivity contribution >= 4 is 28.6 Å². The van der Waals surface area contributed by atoms with Gasteiger partial charge in [-0.2, -0.15) is 13.2 Å². The second kappa shape index (κ2) is 8.85. The molecule has 8 heteroatoms. The van der Waals surface area contributed by atoms with Crippen LogP contribution in [-0.4, -0.2) is 27.8 Å². The second-order valence-electron chi connectivity index (χ2n) is 6.73. The first-order valence-electron chi connectivity index (χ1n) is 9.54. The van der Waals surface area contributed by atoms with Crippen LogP contribution in [0.1, 0.15) is 16.1 Å². The molecule has 4 rings (SSSR count). The summed E-state index contributed by atoms with van der Waals surface area (Å²) in [4.78, 5) is 16.9. The predicted octanol–water partition coefficient (Wildman–Crippen LogP) is 5.57. The van der Waals surface area contributed by atoms with Crippen LogP contribution >= 0.6 is 11.8 Å². The van der Waals surface area contributed by atoms with Gasteiger partial charge in [-0.25, -0.2) is 4.98 Å². The van der Waals surface area contributed by atoms with Crippen LogP contribution in [-0.2, 0) is 6.18 Å². The topological polar surface area (TPSA) is 46.9 Å². The number of pyridine rings is 1. The monoisotopic (exact) mass is 441 g/mol. The molecule has 0 bridgehead atoms. The summed E-state index contributed by atoms with van der Waals surface area (Å²) in [6, 6.07) is 18.8. The number of thioether (sulfide) groups is 1. The molecule has 0 spiro atoms. The first-order chi connectivity index (χ1) is 14.9. The Balaban J connectivity index is 1.45. The number of nitrogens with one attached hydrogen (secondary N) is 1. The Morgan fingerprint density at radius 1 is 1.00 bits per heavy atom. The van der Waals surface area contributed by atoms with Crippen LogP contribution in [0.2, 0.25) is 0 Å². The smallest absolute Gasteiger partial charge is 0.351 e. The molecule has 0 unspecified atom stereocenters. The number of hydrogen-bond donors (Lipinski definition) is 1. The minimum absolute atomic E-state index is 0.236. The van der Waals surface area contributed by atoms with Crippen LogP contribution in [0.4, 0.5) is 13.2 Å². The number of benzene rings is 2. The first-order valence-corrected chi connectivity index (χ1v) is 10.5. The molecule has 0 saturated heterocycles. The molecule has 0 atom stereocenters. The van der Waals surface area contributed by atoms with Gasteiger partial charge in [0, 0.05) is 35.0 Å². The minimum Gasteiger partial charge on any atom is -0.351 e. The van der Waals surface area contributed by atoms with Crippen molar-refractivity contribution < 1.29 is 18.0 Å². The highest BCUT2D eigenvalue weighted by Gasteiger charge is 2.33. The van der Waals surface area contributed by atoms with Crippen molar-refractivity contribution in [1.82, 2.24) is 14.9 Å². The fourth-order valence-electron chi connectivity index (χ4n) is 3.21. The van der Waals surface area contributed by atoms with E-state index < -0.39 is 11.9 Å². The Morgan fingerprint density at radius 3 is 2.48 bits per heavy atom. The van der Waals surface area contributed by atoms with Crippen molar-refractivity contribution in [3.05, 3.63) is 90.4 Å². The Labute approximate surface area is 181 Å². The third kappa shape index (κ3) is 4.74. The van der Waals surface area contributed by atoms with Gasteiger partial charge in [-0.3, -0.25) is 4.79 Å². The Morgan fingerprint density at radius 2 is 1.71 bits per heavy atom. The van der Waals surface area contributed by atoms with Crippen LogP contribution < -0.4 is 5.32 Å². The molecule has 2 aromatic carbocycles. The number of nitrogens with zero attached hydrogens (tertiary/aromatic N) is 2. The molecule has 1 amide bonds. The number of amides is 1. The fourth-order valence-corrected chi connectivity index (χ4v) is 4.16. The second-order valence-corrected chi connectivity index (χ2v) is 7.87. The van der Waals surface area contributed by atoms with Gasteiger partial charge < -0.3 is 9.88 Å². The molecule has 0 saturated carbocycles. The van der Waals surface area contributed by atoms with Gasteiger partial charge in [-0.05, 0) is 36.4 Å². The van der Waals surface area contributed by atoms with E-state index in [0.717, 1.165) is 11.8 Å². The van der Waals surface area contributed by atoms with E-state index in [4.69, 9.17) is 0 Å². The van der Waals surface area contributed by atoms with Crippen molar-refractivity contribution in [3.8, 4) is 5.69 Å². The number of rotatable bonds is 6. The van der Waals surface area contributed by atoms with E-state index in [-0.39, 0.29) is 5.91 Å². The predicted molar refractivity (Wildman–Crippen MR) is 116 cm³/mol. The molecule has 31 heavy (non-hydrogen) atoms. The summed E-state index contributed by atoms with van der Waals surface area (Å²) < 4.78 is 41.5. The molecule has 1 N–H and O–H groups in total. The highest BCUT2D eigenvalue weighted by Crippen LogP contribution is 2.34. The number of hydrogen-bond acceptors (Lipinski definition) is 3. The number of alkyl halides is 3. The lowest BCUT2D eigenvalue weighted by Crippen LogP contribution is -2.26. The summed E-state index contributed by atoms with van der Waals surface area (Å²) in [5.41, 5.74) is 0.660. The molecule has 0 aliphatic heterocycles. The lowest BCUT2D eigenvalue weighted by Gasteiger charge is -2.13. The van der Waals surface area contributed by atoms with Gasteiger partial charge in [0.25, 0.3) is 5.91 Å². The zero-order valence-electron chi connectivity index (χ0n) is 16.3. The van der Waals surface area contributed by atoms with Crippen LogP contribution in [0.15, 0.2) is 84.0 Å². The molecule has 0 aliphatic carbocycles. The van der Waals surface area contributed by atoms with E-state index in [1.54, 1.807) is 36.4 Å². The number of carbonyl (C=O) groups excluding carboxylic acids is 1. The zero-order valence-corrected chi connectivity index (χ0v) is 17.1. The summed E-state index contributed by atoms with van der Waals surface area (Å²) in [5.74, 6) is 0.184. The van der Waals surface area contributed by atoms with Crippen molar-refractivity contribution in [2.75, 3.05) is 12.3 Å². The molecule has 158 valence electrons. The normalized spacial score (nSPS) is 11.6. The van der Waals surface area contributed by atoms with Gasteiger partial charge in [0.1, 0.15) is 5.69 Å². The van der Waals surface area contributed by atoms with Gasteiger partial charge in [-0.1, -0.05) is 30.3 Å². The van der Waals surface area contributed by atoms with E-state index in [2.05, 4.69) is 10.3 Å². The van der Waals surface area contributed by atoms with Crippen LogP contribution in [0, 0.1) is 0 Å². The highest BCUT2D eigenvalue weighted by molar-refractivity contribution is 7.99. The lowest BCUT2D eigenvalue weighted by atomic mass is 10.1. The molecule has 2 aromatic heterocycles. The fraction of sp³-hybridized carbons (Fsp3) is 0.130. The summed E-state index contributed by atoms with van der Waals surface area (Å²) in [6.45, 7) is 0.307. The summed E-state index contributed by atoms with van der Waals surface area (Å²) in [7, 11) is 0. The van der Waals surface area contributed by atoms with E-state index in [9.17, 15) is 18.0 Å². The molecule has 0 radical (unpaired) electrons. The Hall–Kier alpha value is -3.26. The van der Waals surface area contributed by atoms with E-state index >= 15 is 0 Å². The van der Waals surface area contributed by atoms with Crippen LogP contribution in [0.3, 0.4) is 0 Å². The highest BCUT2D eigenvalue weighted by atomic mass is 32.2. The molecule has 2 heterocycles. The first kappa shape index (κ1) is 21.0. The van der Waals surface area contributed by atoms with Crippen LogP contribution in [0.5, 0.6) is 0 Å². The summed E-state index contributed by atoms with van der Waals surface area (Å²) in [5, 5.41) is 3.51. The quantitative estimate of drug-likeness (QED) is 0.315. The largest absolute Gasteiger partial charge is 0.433 e. The maximum atomic E-state index is 13.2. The molecule has 0 fully saturated rings. The van der Waals surface area contributed by atoms with E-state index in [1.165, 1.54) is 11.8 Å². The average Bonchev–Trinajstić information content (AvgIpc) is 3.30. The Kier molecular flexibility index (Phi) is 5.99. The maximum absolute atomic E-state index is 13.2. The van der Waals surface area contributed by atoms with E-state index in [0.29, 0.717) is 33.7 Å². The molecule has 4 aromatic rings. The third-order valence-electron chi connectivity index (χ3n) is 4.65. The molecule has 4 nitrogen and oxygen atoms in total. The molecular weight excluding hydrogens is 423 g/mol. The number of para-hydroxylation sites is 2. The van der Waals surface area contributed by atoms with Crippen molar-refractivity contribution in [2.24, 2.45) is 0 Å².